The van der Waals surface area contributed by atoms with E-state index in [4.69, 9.17) is 0 Å². The second-order valence-corrected chi connectivity index (χ2v) is 3.13. The molecular weight excluding hydrogens is 194 g/mol. The summed E-state index contributed by atoms with van der Waals surface area (Å²) < 4.78 is 0. The van der Waals surface area contributed by atoms with Gasteiger partial charge in [-0.05, 0) is 12.1 Å². The zero-order valence-corrected chi connectivity index (χ0v) is 8.29. The maximum absolute atomic E-state index is 4.66. The molecule has 0 aliphatic heterocycles. The number of hydrogen-bond donors (Lipinski definition) is 1. The Hall–Kier alpha value is -1.55. The maximum atomic E-state index is 4.66. The summed E-state index contributed by atoms with van der Waals surface area (Å²) in [6, 6.07) is 9.91. The van der Waals surface area contributed by atoms with Gasteiger partial charge in [0.15, 0.2) is 0 Å². The van der Waals surface area contributed by atoms with E-state index in [1.807, 2.05) is 30.3 Å². The lowest BCUT2D eigenvalue weighted by molar-refractivity contribution is 0.858. The van der Waals surface area contributed by atoms with Crippen LogP contribution in [-0.2, 0) is 6.54 Å². The molecular formula is C10H9N3S. The molecule has 4 heteroatoms. The lowest BCUT2D eigenvalue weighted by atomic mass is 10.2. The summed E-state index contributed by atoms with van der Waals surface area (Å²) in [6.07, 6.45) is 0. The summed E-state index contributed by atoms with van der Waals surface area (Å²) in [4.78, 5) is 0. The van der Waals surface area contributed by atoms with Gasteiger partial charge in [-0.3, -0.25) is 0 Å². The summed E-state index contributed by atoms with van der Waals surface area (Å²) in [5, 5.41) is 12.2. The SMILES string of the molecule is S=CNCc1cc2ccccc2nn1. The highest BCUT2D eigenvalue weighted by Gasteiger charge is 1.97. The molecule has 0 radical (unpaired) electrons. The first kappa shape index (κ1) is 9.02. The second kappa shape index (κ2) is 4.11. The fourth-order valence-electron chi connectivity index (χ4n) is 1.26. The van der Waals surface area contributed by atoms with Crippen molar-refractivity contribution in [3.8, 4) is 0 Å². The molecule has 1 heterocycles. The largest absolute Gasteiger partial charge is 0.376 e. The van der Waals surface area contributed by atoms with E-state index < -0.39 is 0 Å². The highest BCUT2D eigenvalue weighted by atomic mass is 32.1. The fraction of sp³-hybridized carbons (Fsp3) is 0.100. The van der Waals surface area contributed by atoms with Crippen molar-refractivity contribution < 1.29 is 0 Å². The van der Waals surface area contributed by atoms with E-state index >= 15 is 0 Å². The minimum Gasteiger partial charge on any atom is -0.376 e. The number of benzene rings is 1. The maximum Gasteiger partial charge on any atom is 0.0929 e. The smallest absolute Gasteiger partial charge is 0.0929 e. The number of nitrogens with zero attached hydrogens (tertiary/aromatic N) is 2. The minimum atomic E-state index is 0.626. The normalized spacial score (nSPS) is 10.0. The van der Waals surface area contributed by atoms with Crippen LogP contribution < -0.4 is 5.32 Å². The first-order valence-electron chi connectivity index (χ1n) is 4.28. The Bertz CT molecular complexity index is 456. The summed E-state index contributed by atoms with van der Waals surface area (Å²) in [7, 11) is 0. The molecule has 70 valence electrons. The van der Waals surface area contributed by atoms with E-state index in [1.54, 1.807) is 0 Å². The van der Waals surface area contributed by atoms with Crippen LogP contribution in [0, 0.1) is 0 Å². The van der Waals surface area contributed by atoms with Gasteiger partial charge in [-0.25, -0.2) is 0 Å². The van der Waals surface area contributed by atoms with Crippen molar-refractivity contribution in [2.45, 2.75) is 6.54 Å². The molecule has 0 saturated carbocycles. The zero-order valence-electron chi connectivity index (χ0n) is 7.47. The molecule has 0 aliphatic carbocycles. The Morgan fingerprint density at radius 2 is 2.14 bits per heavy atom. The van der Waals surface area contributed by atoms with Gasteiger partial charge in [-0.1, -0.05) is 30.4 Å². The average Bonchev–Trinajstić information content (AvgIpc) is 2.26. The molecule has 2 aromatic rings. The highest BCUT2D eigenvalue weighted by molar-refractivity contribution is 7.78. The quantitative estimate of drug-likeness (QED) is 0.770. The Kier molecular flexibility index (Phi) is 2.65. The Morgan fingerprint density at radius 3 is 3.00 bits per heavy atom. The first-order chi connectivity index (χ1) is 6.90. The molecule has 3 nitrogen and oxygen atoms in total. The van der Waals surface area contributed by atoms with Crippen molar-refractivity contribution in [3.63, 3.8) is 0 Å². The highest BCUT2D eigenvalue weighted by Crippen LogP contribution is 2.10. The van der Waals surface area contributed by atoms with Crippen LogP contribution >= 0.6 is 12.2 Å². The van der Waals surface area contributed by atoms with Crippen LogP contribution in [0.25, 0.3) is 10.9 Å². The van der Waals surface area contributed by atoms with Crippen LogP contribution in [-0.4, -0.2) is 15.7 Å². The number of thiocarbonyl (C=S) groups is 1. The van der Waals surface area contributed by atoms with Gasteiger partial charge in [0, 0.05) is 5.39 Å². The van der Waals surface area contributed by atoms with E-state index in [-0.39, 0.29) is 0 Å². The van der Waals surface area contributed by atoms with Crippen molar-refractivity contribution in [1.82, 2.24) is 15.5 Å². The number of hydrogen-bond acceptors (Lipinski definition) is 3. The third-order valence-electron chi connectivity index (χ3n) is 1.91. The third kappa shape index (κ3) is 1.85. The molecule has 0 amide bonds. The molecule has 14 heavy (non-hydrogen) atoms. The van der Waals surface area contributed by atoms with Crippen LogP contribution in [0.1, 0.15) is 5.69 Å². The molecule has 1 N–H and O–H groups in total. The summed E-state index contributed by atoms with van der Waals surface area (Å²) in [6.45, 7) is 0.626. The van der Waals surface area contributed by atoms with Crippen molar-refractivity contribution >= 4 is 28.6 Å². The monoisotopic (exact) mass is 203 g/mol. The molecule has 2 rings (SSSR count). The zero-order chi connectivity index (χ0) is 9.80. The van der Waals surface area contributed by atoms with Gasteiger partial charge < -0.3 is 5.32 Å². The second-order valence-electron chi connectivity index (χ2n) is 2.89. The molecule has 0 fully saturated rings. The van der Waals surface area contributed by atoms with E-state index in [0.717, 1.165) is 16.6 Å². The Labute approximate surface area is 87.2 Å². The molecule has 1 aromatic carbocycles. The topological polar surface area (TPSA) is 37.8 Å². The Morgan fingerprint density at radius 1 is 1.29 bits per heavy atom. The van der Waals surface area contributed by atoms with Gasteiger partial charge in [-0.15, -0.1) is 0 Å². The Balaban J connectivity index is 2.36. The predicted octanol–water partition coefficient (Wildman–Crippen LogP) is 1.68. The molecule has 0 bridgehead atoms. The summed E-state index contributed by atoms with van der Waals surface area (Å²) in [5.74, 6) is 0. The van der Waals surface area contributed by atoms with E-state index in [0.29, 0.717) is 6.54 Å². The van der Waals surface area contributed by atoms with Crippen LogP contribution in [0.4, 0.5) is 0 Å². The van der Waals surface area contributed by atoms with Gasteiger partial charge in [0.2, 0.25) is 0 Å². The van der Waals surface area contributed by atoms with Crippen LogP contribution in [0.2, 0.25) is 0 Å². The fourth-order valence-corrected chi connectivity index (χ4v) is 1.34. The molecule has 0 unspecified atom stereocenters. The first-order valence-corrected chi connectivity index (χ1v) is 4.75. The van der Waals surface area contributed by atoms with E-state index in [1.165, 1.54) is 5.49 Å². The molecule has 1 aromatic heterocycles. The number of nitrogens with one attached hydrogen (secondary N) is 1. The number of aromatic nitrogens is 2. The lowest BCUT2D eigenvalue weighted by Gasteiger charge is -2.00. The minimum absolute atomic E-state index is 0.626. The van der Waals surface area contributed by atoms with Crippen LogP contribution in [0.3, 0.4) is 0 Å². The van der Waals surface area contributed by atoms with Crippen LogP contribution in [0.5, 0.6) is 0 Å². The van der Waals surface area contributed by atoms with Gasteiger partial charge in [-0.2, -0.15) is 10.2 Å². The standard InChI is InChI=1S/C10H9N3S/c14-7-11-6-9-5-8-3-1-2-4-10(8)13-12-9/h1-5,7H,6H2,(H,11,14). The number of rotatable bonds is 3. The third-order valence-corrected chi connectivity index (χ3v) is 2.08. The van der Waals surface area contributed by atoms with E-state index in [2.05, 4.69) is 27.7 Å². The summed E-state index contributed by atoms with van der Waals surface area (Å²) >= 11 is 4.66. The van der Waals surface area contributed by atoms with Gasteiger partial charge in [0.25, 0.3) is 0 Å². The molecule has 0 aliphatic rings. The van der Waals surface area contributed by atoms with Crippen molar-refractivity contribution in [1.29, 1.82) is 0 Å². The van der Waals surface area contributed by atoms with Gasteiger partial charge in [0.05, 0.1) is 23.2 Å². The van der Waals surface area contributed by atoms with Crippen molar-refractivity contribution in [2.24, 2.45) is 0 Å². The van der Waals surface area contributed by atoms with Crippen molar-refractivity contribution in [3.05, 3.63) is 36.0 Å². The van der Waals surface area contributed by atoms with E-state index in [9.17, 15) is 0 Å². The molecule has 0 atom stereocenters. The van der Waals surface area contributed by atoms with Crippen molar-refractivity contribution in [2.75, 3.05) is 0 Å². The van der Waals surface area contributed by atoms with Gasteiger partial charge >= 0.3 is 0 Å². The molecule has 0 spiro atoms. The predicted molar refractivity (Wildman–Crippen MR) is 60.0 cm³/mol. The van der Waals surface area contributed by atoms with Crippen LogP contribution in [0.15, 0.2) is 30.3 Å². The van der Waals surface area contributed by atoms with Gasteiger partial charge in [0.1, 0.15) is 0 Å². The molecule has 0 saturated heterocycles. The lowest BCUT2D eigenvalue weighted by Crippen LogP contribution is -2.10. The summed E-state index contributed by atoms with van der Waals surface area (Å²) in [5.41, 5.74) is 3.29. The average molecular weight is 203 g/mol. The number of fused-ring (bicyclic) bond motifs is 1.